The molecule has 0 saturated carbocycles. The maximum absolute atomic E-state index is 12.5. The number of nitrogens with zero attached hydrogens (tertiary/aromatic N) is 1. The van der Waals surface area contributed by atoms with Crippen LogP contribution in [0, 0.1) is 0 Å². The van der Waals surface area contributed by atoms with Crippen LogP contribution in [0.2, 0.25) is 0 Å². The second-order valence-corrected chi connectivity index (χ2v) is 5.26. The highest BCUT2D eigenvalue weighted by Crippen LogP contribution is 2.26. The van der Waals surface area contributed by atoms with E-state index in [4.69, 9.17) is 4.74 Å². The highest BCUT2D eigenvalue weighted by Gasteiger charge is 2.15. The van der Waals surface area contributed by atoms with E-state index in [1.54, 1.807) is 29.3 Å². The van der Waals surface area contributed by atoms with Gasteiger partial charge in [-0.2, -0.15) is 0 Å². The van der Waals surface area contributed by atoms with Crippen molar-refractivity contribution in [2.45, 2.75) is 0 Å². The molecule has 0 aliphatic rings. The summed E-state index contributed by atoms with van der Waals surface area (Å²) in [5.74, 6) is -0.626. The molecule has 0 radical (unpaired) electrons. The van der Waals surface area contributed by atoms with Crippen LogP contribution in [-0.2, 0) is 4.74 Å². The van der Waals surface area contributed by atoms with Crippen molar-refractivity contribution in [2.24, 2.45) is 0 Å². The van der Waals surface area contributed by atoms with E-state index in [1.165, 1.54) is 13.2 Å². The number of carbonyl (C=O) groups is 2. The minimum Gasteiger partial charge on any atom is -0.465 e. The number of hydrogen-bond donors (Lipinski definition) is 0. The molecular formula is C19H19NO3. The van der Waals surface area contributed by atoms with Crippen molar-refractivity contribution in [2.75, 3.05) is 21.2 Å². The number of hydrogen-bond acceptors (Lipinski definition) is 4. The third kappa shape index (κ3) is 4.07. The van der Waals surface area contributed by atoms with Gasteiger partial charge in [-0.15, -0.1) is 0 Å². The third-order valence-corrected chi connectivity index (χ3v) is 3.31. The molecule has 0 N–H and O–H groups in total. The van der Waals surface area contributed by atoms with Crippen LogP contribution in [0.4, 0.5) is 0 Å². The molecule has 2 rings (SSSR count). The zero-order valence-corrected chi connectivity index (χ0v) is 13.4. The Kier molecular flexibility index (Phi) is 5.31. The van der Waals surface area contributed by atoms with Crippen LogP contribution in [0.15, 0.2) is 60.8 Å². The van der Waals surface area contributed by atoms with E-state index in [0.29, 0.717) is 11.1 Å². The first-order valence-corrected chi connectivity index (χ1v) is 7.19. The summed E-state index contributed by atoms with van der Waals surface area (Å²) >= 11 is 0. The Labute approximate surface area is 136 Å². The lowest BCUT2D eigenvalue weighted by Crippen LogP contribution is -2.07. The van der Waals surface area contributed by atoms with Gasteiger partial charge in [-0.05, 0) is 23.3 Å². The lowest BCUT2D eigenvalue weighted by atomic mass is 9.95. The van der Waals surface area contributed by atoms with Crippen molar-refractivity contribution in [1.29, 1.82) is 0 Å². The number of benzene rings is 2. The van der Waals surface area contributed by atoms with Gasteiger partial charge >= 0.3 is 5.97 Å². The number of carbonyl (C=O) groups excluding carboxylic acids is 2. The summed E-state index contributed by atoms with van der Waals surface area (Å²) in [7, 11) is 5.00. The molecule has 4 nitrogen and oxygen atoms in total. The maximum atomic E-state index is 12.5. The molecule has 118 valence electrons. The summed E-state index contributed by atoms with van der Waals surface area (Å²) in [5.41, 5.74) is 2.53. The number of esters is 1. The third-order valence-electron chi connectivity index (χ3n) is 3.31. The second kappa shape index (κ2) is 7.40. The number of ether oxygens (including phenoxy) is 1. The van der Waals surface area contributed by atoms with Crippen LogP contribution in [0.25, 0.3) is 11.1 Å². The topological polar surface area (TPSA) is 46.6 Å². The summed E-state index contributed by atoms with van der Waals surface area (Å²) in [4.78, 5) is 26.1. The van der Waals surface area contributed by atoms with Gasteiger partial charge in [-0.1, -0.05) is 36.4 Å². The average Bonchev–Trinajstić information content (AvgIpc) is 2.59. The Morgan fingerprint density at radius 2 is 1.74 bits per heavy atom. The summed E-state index contributed by atoms with van der Waals surface area (Å²) in [6.45, 7) is 0. The monoisotopic (exact) mass is 309 g/mol. The molecule has 0 aliphatic carbocycles. The Morgan fingerprint density at radius 3 is 2.35 bits per heavy atom. The lowest BCUT2D eigenvalue weighted by molar-refractivity contribution is 0.0600. The fourth-order valence-electron chi connectivity index (χ4n) is 2.17. The minimum absolute atomic E-state index is 0.164. The Hall–Kier alpha value is -2.88. The second-order valence-electron chi connectivity index (χ2n) is 5.26. The van der Waals surface area contributed by atoms with Gasteiger partial charge in [-0.25, -0.2) is 4.79 Å². The zero-order valence-electron chi connectivity index (χ0n) is 13.4. The summed E-state index contributed by atoms with van der Waals surface area (Å²) < 4.78 is 4.74. The van der Waals surface area contributed by atoms with Gasteiger partial charge in [0.05, 0.1) is 12.7 Å². The minimum atomic E-state index is -0.463. The van der Waals surface area contributed by atoms with Crippen molar-refractivity contribution in [3.05, 3.63) is 71.9 Å². The van der Waals surface area contributed by atoms with E-state index >= 15 is 0 Å². The highest BCUT2D eigenvalue weighted by molar-refractivity contribution is 6.10. The van der Waals surface area contributed by atoms with E-state index < -0.39 is 5.97 Å². The molecule has 0 bridgehead atoms. The van der Waals surface area contributed by atoms with Gasteiger partial charge in [0.2, 0.25) is 0 Å². The molecule has 0 aliphatic heterocycles. The van der Waals surface area contributed by atoms with Crippen LogP contribution in [-0.4, -0.2) is 37.9 Å². The molecule has 0 fully saturated rings. The van der Waals surface area contributed by atoms with Gasteiger partial charge in [0.25, 0.3) is 0 Å². The quantitative estimate of drug-likeness (QED) is 0.482. The van der Waals surface area contributed by atoms with Crippen LogP contribution < -0.4 is 0 Å². The van der Waals surface area contributed by atoms with E-state index in [0.717, 1.165) is 11.1 Å². The van der Waals surface area contributed by atoms with E-state index in [2.05, 4.69) is 0 Å². The van der Waals surface area contributed by atoms with Gasteiger partial charge in [0, 0.05) is 31.9 Å². The standard InChI is InChI=1S/C19H19NO3/c1-20(2)12-11-18(21)17-13-15(19(22)23-3)9-10-16(17)14-7-5-4-6-8-14/h4-13H,1-3H3. The Morgan fingerprint density at radius 1 is 1.04 bits per heavy atom. The molecule has 0 aromatic heterocycles. The van der Waals surface area contributed by atoms with Crippen molar-refractivity contribution in [1.82, 2.24) is 4.90 Å². The average molecular weight is 309 g/mol. The Bertz CT molecular complexity index is 734. The number of methoxy groups -OCH3 is 1. The lowest BCUT2D eigenvalue weighted by Gasteiger charge is -2.10. The first kappa shape index (κ1) is 16.5. The van der Waals surface area contributed by atoms with Crippen molar-refractivity contribution < 1.29 is 14.3 Å². The predicted molar refractivity (Wildman–Crippen MR) is 90.4 cm³/mol. The number of allylic oxidation sites excluding steroid dienone is 1. The predicted octanol–water partition coefficient (Wildman–Crippen LogP) is 3.40. The van der Waals surface area contributed by atoms with Gasteiger partial charge < -0.3 is 9.64 Å². The zero-order chi connectivity index (χ0) is 16.8. The molecule has 0 amide bonds. The van der Waals surface area contributed by atoms with Crippen LogP contribution >= 0.6 is 0 Å². The summed E-state index contributed by atoms with van der Waals surface area (Å²) in [6.07, 6.45) is 3.17. The summed E-state index contributed by atoms with van der Waals surface area (Å²) in [5, 5.41) is 0. The van der Waals surface area contributed by atoms with Crippen LogP contribution in [0.1, 0.15) is 20.7 Å². The first-order chi connectivity index (χ1) is 11.0. The van der Waals surface area contributed by atoms with Crippen molar-refractivity contribution >= 4 is 11.8 Å². The number of rotatable bonds is 5. The summed E-state index contributed by atoms with van der Waals surface area (Å²) in [6, 6.07) is 14.6. The molecule has 2 aromatic carbocycles. The molecule has 0 heterocycles. The van der Waals surface area contributed by atoms with Gasteiger partial charge in [0.1, 0.15) is 0 Å². The van der Waals surface area contributed by atoms with Crippen molar-refractivity contribution in [3.8, 4) is 11.1 Å². The highest BCUT2D eigenvalue weighted by atomic mass is 16.5. The van der Waals surface area contributed by atoms with E-state index in [9.17, 15) is 9.59 Å². The SMILES string of the molecule is COC(=O)c1ccc(-c2ccccc2)c(C(=O)C=CN(C)C)c1. The van der Waals surface area contributed by atoms with Crippen LogP contribution in [0.3, 0.4) is 0 Å². The van der Waals surface area contributed by atoms with E-state index in [1.807, 2.05) is 44.4 Å². The molecule has 4 heteroatoms. The molecule has 0 unspecified atom stereocenters. The Balaban J connectivity index is 2.54. The molecular weight excluding hydrogens is 290 g/mol. The molecule has 0 saturated heterocycles. The molecule has 2 aromatic rings. The fraction of sp³-hybridized carbons (Fsp3) is 0.158. The normalized spacial score (nSPS) is 10.6. The molecule has 0 atom stereocenters. The van der Waals surface area contributed by atoms with Gasteiger partial charge in [0.15, 0.2) is 5.78 Å². The largest absolute Gasteiger partial charge is 0.465 e. The fourth-order valence-corrected chi connectivity index (χ4v) is 2.17. The number of ketones is 1. The maximum Gasteiger partial charge on any atom is 0.337 e. The van der Waals surface area contributed by atoms with Crippen molar-refractivity contribution in [3.63, 3.8) is 0 Å². The van der Waals surface area contributed by atoms with E-state index in [-0.39, 0.29) is 5.78 Å². The first-order valence-electron chi connectivity index (χ1n) is 7.19. The smallest absolute Gasteiger partial charge is 0.337 e. The van der Waals surface area contributed by atoms with Crippen LogP contribution in [0.5, 0.6) is 0 Å². The molecule has 23 heavy (non-hydrogen) atoms. The molecule has 0 spiro atoms. The van der Waals surface area contributed by atoms with Gasteiger partial charge in [-0.3, -0.25) is 4.79 Å².